The third-order valence-corrected chi connectivity index (χ3v) is 4.55. The Bertz CT molecular complexity index is 561. The maximum atomic E-state index is 13.8. The van der Waals surface area contributed by atoms with E-state index in [0.717, 1.165) is 5.56 Å². The molecule has 0 bridgehead atoms. The number of alkyl halides is 1. The minimum atomic E-state index is -0.333. The van der Waals surface area contributed by atoms with Gasteiger partial charge in [-0.05, 0) is 30.7 Å². The van der Waals surface area contributed by atoms with Gasteiger partial charge in [-0.1, -0.05) is 62.9 Å². The van der Waals surface area contributed by atoms with Crippen molar-refractivity contribution in [3.05, 3.63) is 68.4 Å². The standard InChI is InChI=1S/C14H9BrCl3F/c15-9(14-11(17)4-1-5-12(14)18)7-8-10(16)3-2-6-13(8)19/h1-6,9H,7H2. The summed E-state index contributed by atoms with van der Waals surface area (Å²) in [5, 5.41) is 1.48. The van der Waals surface area contributed by atoms with E-state index in [1.54, 1.807) is 30.3 Å². The minimum absolute atomic E-state index is 0.205. The molecule has 2 rings (SSSR count). The van der Waals surface area contributed by atoms with Crippen LogP contribution in [0.4, 0.5) is 4.39 Å². The zero-order valence-electron chi connectivity index (χ0n) is 9.64. The highest BCUT2D eigenvalue weighted by Crippen LogP contribution is 2.38. The van der Waals surface area contributed by atoms with Crippen LogP contribution in [0.3, 0.4) is 0 Å². The summed E-state index contributed by atoms with van der Waals surface area (Å²) < 4.78 is 13.8. The Kier molecular flexibility index (Phi) is 5.13. The van der Waals surface area contributed by atoms with Gasteiger partial charge in [0.25, 0.3) is 0 Å². The zero-order chi connectivity index (χ0) is 14.0. The van der Waals surface area contributed by atoms with E-state index >= 15 is 0 Å². The molecule has 1 unspecified atom stereocenters. The molecule has 0 heterocycles. The second-order valence-electron chi connectivity index (χ2n) is 4.01. The Hall–Kier alpha value is -0.280. The van der Waals surface area contributed by atoms with Crippen molar-refractivity contribution in [3.8, 4) is 0 Å². The fourth-order valence-electron chi connectivity index (χ4n) is 1.82. The third-order valence-electron chi connectivity index (χ3n) is 2.76. The van der Waals surface area contributed by atoms with Crippen molar-refractivity contribution in [3.63, 3.8) is 0 Å². The highest BCUT2D eigenvalue weighted by molar-refractivity contribution is 9.09. The van der Waals surface area contributed by atoms with Crippen LogP contribution in [0.2, 0.25) is 15.1 Å². The molecule has 0 nitrogen and oxygen atoms in total. The molecule has 0 N–H and O–H groups in total. The molecule has 0 spiro atoms. The minimum Gasteiger partial charge on any atom is -0.207 e. The number of halogens is 5. The summed E-state index contributed by atoms with van der Waals surface area (Å²) in [6.07, 6.45) is 0.370. The second-order valence-corrected chi connectivity index (χ2v) is 6.33. The molecule has 2 aromatic rings. The molecule has 0 amide bonds. The summed E-state index contributed by atoms with van der Waals surface area (Å²) in [5.74, 6) is -0.333. The Morgan fingerprint density at radius 2 is 1.47 bits per heavy atom. The maximum Gasteiger partial charge on any atom is 0.127 e. The summed E-state index contributed by atoms with van der Waals surface area (Å²) in [6.45, 7) is 0. The quantitative estimate of drug-likeness (QED) is 0.534. The molecule has 0 fully saturated rings. The molecule has 5 heteroatoms. The molecule has 0 aliphatic carbocycles. The van der Waals surface area contributed by atoms with Gasteiger partial charge in [-0.15, -0.1) is 0 Å². The van der Waals surface area contributed by atoms with E-state index in [9.17, 15) is 4.39 Å². The van der Waals surface area contributed by atoms with Gasteiger partial charge in [0.15, 0.2) is 0 Å². The first-order valence-corrected chi connectivity index (χ1v) is 7.56. The predicted molar refractivity (Wildman–Crippen MR) is 83.2 cm³/mol. The van der Waals surface area contributed by atoms with Crippen LogP contribution >= 0.6 is 50.7 Å². The number of benzene rings is 2. The zero-order valence-corrected chi connectivity index (χ0v) is 13.5. The fraction of sp³-hybridized carbons (Fsp3) is 0.143. The van der Waals surface area contributed by atoms with Gasteiger partial charge in [0.2, 0.25) is 0 Å². The molecule has 0 saturated heterocycles. The average Bonchev–Trinajstić information content (AvgIpc) is 2.34. The van der Waals surface area contributed by atoms with Crippen molar-refractivity contribution < 1.29 is 4.39 Å². The van der Waals surface area contributed by atoms with Gasteiger partial charge in [0.05, 0.1) is 0 Å². The number of rotatable bonds is 3. The summed E-state index contributed by atoms with van der Waals surface area (Å²) in [5.41, 5.74) is 1.19. The number of hydrogen-bond acceptors (Lipinski definition) is 0. The van der Waals surface area contributed by atoms with Crippen molar-refractivity contribution in [2.75, 3.05) is 0 Å². The van der Waals surface area contributed by atoms with Gasteiger partial charge in [0.1, 0.15) is 5.82 Å². The smallest absolute Gasteiger partial charge is 0.127 e. The van der Waals surface area contributed by atoms with Crippen molar-refractivity contribution in [2.45, 2.75) is 11.2 Å². The number of hydrogen-bond donors (Lipinski definition) is 0. The molecule has 1 atom stereocenters. The van der Waals surface area contributed by atoms with Crippen molar-refractivity contribution in [1.29, 1.82) is 0 Å². The van der Waals surface area contributed by atoms with Gasteiger partial charge in [0, 0.05) is 31.0 Å². The van der Waals surface area contributed by atoms with E-state index in [2.05, 4.69) is 15.9 Å². The molecule has 19 heavy (non-hydrogen) atoms. The molecule has 0 aliphatic heterocycles. The molecular weight excluding hydrogens is 373 g/mol. The Balaban J connectivity index is 2.34. The van der Waals surface area contributed by atoms with E-state index in [0.29, 0.717) is 27.1 Å². The first-order chi connectivity index (χ1) is 9.00. The topological polar surface area (TPSA) is 0 Å². The van der Waals surface area contributed by atoms with Gasteiger partial charge >= 0.3 is 0 Å². The van der Waals surface area contributed by atoms with Gasteiger partial charge in [-0.25, -0.2) is 4.39 Å². The van der Waals surface area contributed by atoms with Crippen LogP contribution in [0.25, 0.3) is 0 Å². The lowest BCUT2D eigenvalue weighted by molar-refractivity contribution is 0.608. The predicted octanol–water partition coefficient (Wildman–Crippen LogP) is 6.46. The van der Waals surface area contributed by atoms with Crippen LogP contribution in [0.1, 0.15) is 16.0 Å². The summed E-state index contributed by atoms with van der Waals surface area (Å²) in [7, 11) is 0. The van der Waals surface area contributed by atoms with Crippen LogP contribution in [-0.2, 0) is 6.42 Å². The Morgan fingerprint density at radius 3 is 2.05 bits per heavy atom. The largest absolute Gasteiger partial charge is 0.207 e. The molecule has 2 aromatic carbocycles. The second kappa shape index (κ2) is 6.45. The van der Waals surface area contributed by atoms with Gasteiger partial charge in [-0.2, -0.15) is 0 Å². The van der Waals surface area contributed by atoms with Crippen molar-refractivity contribution in [1.82, 2.24) is 0 Å². The Morgan fingerprint density at radius 1 is 0.947 bits per heavy atom. The molecular formula is C14H9BrCl3F. The van der Waals surface area contributed by atoms with E-state index in [1.165, 1.54) is 6.07 Å². The van der Waals surface area contributed by atoms with E-state index in [-0.39, 0.29) is 10.6 Å². The fourth-order valence-corrected chi connectivity index (χ4v) is 3.80. The first kappa shape index (κ1) is 15.1. The SMILES string of the molecule is Fc1cccc(Cl)c1CC(Br)c1c(Cl)cccc1Cl. The van der Waals surface area contributed by atoms with Crippen molar-refractivity contribution in [2.24, 2.45) is 0 Å². The monoisotopic (exact) mass is 380 g/mol. The summed E-state index contributed by atoms with van der Waals surface area (Å²) >= 11 is 21.8. The first-order valence-electron chi connectivity index (χ1n) is 5.51. The summed E-state index contributed by atoms with van der Waals surface area (Å²) in [4.78, 5) is -0.205. The lowest BCUT2D eigenvalue weighted by Gasteiger charge is -2.15. The van der Waals surface area contributed by atoms with E-state index in [1.807, 2.05) is 0 Å². The molecule has 0 radical (unpaired) electrons. The lowest BCUT2D eigenvalue weighted by atomic mass is 10.0. The molecule has 0 saturated carbocycles. The van der Waals surface area contributed by atoms with Crippen LogP contribution in [0.15, 0.2) is 36.4 Å². The van der Waals surface area contributed by atoms with Gasteiger partial charge < -0.3 is 0 Å². The normalized spacial score (nSPS) is 12.5. The van der Waals surface area contributed by atoms with Gasteiger partial charge in [-0.3, -0.25) is 0 Å². The van der Waals surface area contributed by atoms with E-state index in [4.69, 9.17) is 34.8 Å². The third kappa shape index (κ3) is 3.43. The highest BCUT2D eigenvalue weighted by Gasteiger charge is 2.18. The van der Waals surface area contributed by atoms with Crippen LogP contribution in [0, 0.1) is 5.82 Å². The van der Waals surface area contributed by atoms with Crippen molar-refractivity contribution >= 4 is 50.7 Å². The molecule has 0 aromatic heterocycles. The Labute approximate surface area is 134 Å². The van der Waals surface area contributed by atoms with Crippen LogP contribution in [0.5, 0.6) is 0 Å². The summed E-state index contributed by atoms with van der Waals surface area (Å²) in [6, 6.07) is 9.89. The molecule has 0 aliphatic rings. The average molecular weight is 382 g/mol. The van der Waals surface area contributed by atoms with Crippen LogP contribution < -0.4 is 0 Å². The maximum absolute atomic E-state index is 13.8. The van der Waals surface area contributed by atoms with Crippen LogP contribution in [-0.4, -0.2) is 0 Å². The van der Waals surface area contributed by atoms with E-state index < -0.39 is 0 Å². The lowest BCUT2D eigenvalue weighted by Crippen LogP contribution is -2.00. The molecule has 100 valence electrons. The highest BCUT2D eigenvalue weighted by atomic mass is 79.9.